The van der Waals surface area contributed by atoms with Gasteiger partial charge in [-0.05, 0) is 81.1 Å². The minimum Gasteiger partial charge on any atom is -0.319 e. The number of hydrogen-bond donors (Lipinski definition) is 1. The van der Waals surface area contributed by atoms with Crippen molar-refractivity contribution >= 4 is 0 Å². The standard InChI is InChI=1S/C18H29N/c1-13-5-8-17(12-19-4)18(9-13)11-16-7-6-14(2)15(3)10-16/h6-7,10,13,17-19H,5,8-9,11-12H2,1-4H3. The molecule has 1 saturated carbocycles. The second kappa shape index (κ2) is 6.56. The Bertz CT molecular complexity index is 410. The number of rotatable bonds is 4. The van der Waals surface area contributed by atoms with Crippen LogP contribution in [0.2, 0.25) is 0 Å². The predicted molar refractivity (Wildman–Crippen MR) is 83.5 cm³/mol. The largest absolute Gasteiger partial charge is 0.319 e. The average Bonchev–Trinajstić information content (AvgIpc) is 2.37. The Morgan fingerprint density at radius 1 is 1.11 bits per heavy atom. The molecule has 2 rings (SSSR count). The summed E-state index contributed by atoms with van der Waals surface area (Å²) in [4.78, 5) is 0. The molecule has 1 aliphatic carbocycles. The summed E-state index contributed by atoms with van der Waals surface area (Å²) < 4.78 is 0. The van der Waals surface area contributed by atoms with Crippen molar-refractivity contribution < 1.29 is 0 Å². The highest BCUT2D eigenvalue weighted by Crippen LogP contribution is 2.35. The summed E-state index contributed by atoms with van der Waals surface area (Å²) >= 11 is 0. The van der Waals surface area contributed by atoms with E-state index >= 15 is 0 Å². The Kier molecular flexibility index (Phi) is 5.04. The number of benzene rings is 1. The second-order valence-corrected chi connectivity index (χ2v) is 6.62. The Morgan fingerprint density at radius 2 is 1.89 bits per heavy atom. The van der Waals surface area contributed by atoms with Crippen molar-refractivity contribution in [1.29, 1.82) is 0 Å². The Balaban J connectivity index is 2.07. The van der Waals surface area contributed by atoms with Crippen molar-refractivity contribution in [3.63, 3.8) is 0 Å². The molecule has 0 spiro atoms. The van der Waals surface area contributed by atoms with Crippen LogP contribution in [0.15, 0.2) is 18.2 Å². The first kappa shape index (κ1) is 14.6. The summed E-state index contributed by atoms with van der Waals surface area (Å²) in [6, 6.07) is 7.01. The number of hydrogen-bond acceptors (Lipinski definition) is 1. The summed E-state index contributed by atoms with van der Waals surface area (Å²) in [5.41, 5.74) is 4.38. The van der Waals surface area contributed by atoms with Gasteiger partial charge in [-0.2, -0.15) is 0 Å². The van der Waals surface area contributed by atoms with Gasteiger partial charge in [0.1, 0.15) is 0 Å². The normalized spacial score (nSPS) is 27.5. The van der Waals surface area contributed by atoms with E-state index in [9.17, 15) is 0 Å². The van der Waals surface area contributed by atoms with Crippen molar-refractivity contribution in [1.82, 2.24) is 5.32 Å². The SMILES string of the molecule is CNCC1CCC(C)CC1Cc1ccc(C)c(C)c1. The van der Waals surface area contributed by atoms with E-state index in [4.69, 9.17) is 0 Å². The van der Waals surface area contributed by atoms with Gasteiger partial charge in [0.05, 0.1) is 0 Å². The van der Waals surface area contributed by atoms with E-state index in [2.05, 4.69) is 51.3 Å². The third-order valence-electron chi connectivity index (χ3n) is 4.94. The van der Waals surface area contributed by atoms with E-state index in [1.165, 1.54) is 48.9 Å². The summed E-state index contributed by atoms with van der Waals surface area (Å²) in [6.07, 6.45) is 5.48. The molecule has 1 aromatic rings. The van der Waals surface area contributed by atoms with Crippen molar-refractivity contribution in [2.24, 2.45) is 17.8 Å². The predicted octanol–water partition coefficient (Wildman–Crippen LogP) is 4.12. The van der Waals surface area contributed by atoms with Crippen LogP contribution in [-0.4, -0.2) is 13.6 Å². The molecule has 1 nitrogen and oxygen atoms in total. The van der Waals surface area contributed by atoms with Crippen molar-refractivity contribution in [3.8, 4) is 0 Å². The average molecular weight is 259 g/mol. The highest BCUT2D eigenvalue weighted by Gasteiger charge is 2.28. The topological polar surface area (TPSA) is 12.0 Å². The van der Waals surface area contributed by atoms with Crippen LogP contribution >= 0.6 is 0 Å². The van der Waals surface area contributed by atoms with Gasteiger partial charge in [0, 0.05) is 0 Å². The maximum Gasteiger partial charge on any atom is -0.00208 e. The van der Waals surface area contributed by atoms with Crippen LogP contribution < -0.4 is 5.32 Å². The van der Waals surface area contributed by atoms with Gasteiger partial charge in [0.25, 0.3) is 0 Å². The summed E-state index contributed by atoms with van der Waals surface area (Å²) in [5.74, 6) is 2.63. The molecule has 0 heterocycles. The lowest BCUT2D eigenvalue weighted by Gasteiger charge is -2.35. The molecule has 1 fully saturated rings. The van der Waals surface area contributed by atoms with Gasteiger partial charge in [0.2, 0.25) is 0 Å². The molecule has 0 aromatic heterocycles. The molecule has 0 saturated heterocycles. The van der Waals surface area contributed by atoms with E-state index in [1.807, 2.05) is 0 Å². The molecule has 3 unspecified atom stereocenters. The van der Waals surface area contributed by atoms with Crippen molar-refractivity contribution in [2.75, 3.05) is 13.6 Å². The molecule has 106 valence electrons. The quantitative estimate of drug-likeness (QED) is 0.857. The third kappa shape index (κ3) is 3.82. The minimum absolute atomic E-state index is 0.860. The van der Waals surface area contributed by atoms with Crippen LogP contribution in [0.25, 0.3) is 0 Å². The maximum atomic E-state index is 3.39. The summed E-state index contributed by atoms with van der Waals surface area (Å²) in [5, 5.41) is 3.39. The zero-order valence-corrected chi connectivity index (χ0v) is 13.0. The summed E-state index contributed by atoms with van der Waals surface area (Å²) in [6.45, 7) is 8.03. The van der Waals surface area contributed by atoms with E-state index < -0.39 is 0 Å². The first-order chi connectivity index (χ1) is 9.10. The van der Waals surface area contributed by atoms with Gasteiger partial charge >= 0.3 is 0 Å². The molecule has 1 aromatic carbocycles. The van der Waals surface area contributed by atoms with E-state index in [1.54, 1.807) is 0 Å². The fraction of sp³-hybridized carbons (Fsp3) is 0.667. The van der Waals surface area contributed by atoms with Gasteiger partial charge in [-0.3, -0.25) is 0 Å². The lowest BCUT2D eigenvalue weighted by molar-refractivity contribution is 0.186. The number of aryl methyl sites for hydroxylation is 2. The van der Waals surface area contributed by atoms with Gasteiger partial charge in [-0.25, -0.2) is 0 Å². The zero-order chi connectivity index (χ0) is 13.8. The summed E-state index contributed by atoms with van der Waals surface area (Å²) in [7, 11) is 2.09. The van der Waals surface area contributed by atoms with Crippen molar-refractivity contribution in [3.05, 3.63) is 34.9 Å². The minimum atomic E-state index is 0.860. The van der Waals surface area contributed by atoms with E-state index in [-0.39, 0.29) is 0 Å². The van der Waals surface area contributed by atoms with Crippen LogP contribution in [0.4, 0.5) is 0 Å². The molecular formula is C18H29N. The molecule has 3 atom stereocenters. The zero-order valence-electron chi connectivity index (χ0n) is 13.0. The van der Waals surface area contributed by atoms with E-state index in [0.717, 1.165) is 17.8 Å². The molecule has 1 heteroatoms. The van der Waals surface area contributed by atoms with Gasteiger partial charge in [-0.15, -0.1) is 0 Å². The highest BCUT2D eigenvalue weighted by molar-refractivity contribution is 5.30. The Labute approximate surface area is 118 Å². The highest BCUT2D eigenvalue weighted by atomic mass is 14.8. The molecule has 0 aliphatic heterocycles. The van der Waals surface area contributed by atoms with E-state index in [0.29, 0.717) is 0 Å². The van der Waals surface area contributed by atoms with Crippen LogP contribution in [0, 0.1) is 31.6 Å². The van der Waals surface area contributed by atoms with Crippen LogP contribution in [-0.2, 0) is 6.42 Å². The van der Waals surface area contributed by atoms with Crippen LogP contribution in [0.3, 0.4) is 0 Å². The maximum absolute atomic E-state index is 3.39. The lowest BCUT2D eigenvalue weighted by Crippen LogP contribution is -2.32. The number of nitrogens with one attached hydrogen (secondary N) is 1. The van der Waals surface area contributed by atoms with Gasteiger partial charge in [0.15, 0.2) is 0 Å². The van der Waals surface area contributed by atoms with Crippen LogP contribution in [0.5, 0.6) is 0 Å². The lowest BCUT2D eigenvalue weighted by atomic mass is 9.72. The molecule has 0 radical (unpaired) electrons. The first-order valence-corrected chi connectivity index (χ1v) is 7.81. The molecule has 0 bridgehead atoms. The Hall–Kier alpha value is -0.820. The van der Waals surface area contributed by atoms with Gasteiger partial charge in [-0.1, -0.05) is 31.5 Å². The smallest absolute Gasteiger partial charge is 0.00208 e. The third-order valence-corrected chi connectivity index (χ3v) is 4.94. The monoisotopic (exact) mass is 259 g/mol. The molecular weight excluding hydrogens is 230 g/mol. The molecule has 1 aliphatic rings. The fourth-order valence-corrected chi connectivity index (χ4v) is 3.58. The first-order valence-electron chi connectivity index (χ1n) is 7.81. The Morgan fingerprint density at radius 3 is 2.58 bits per heavy atom. The molecule has 19 heavy (non-hydrogen) atoms. The molecule has 0 amide bonds. The fourth-order valence-electron chi connectivity index (χ4n) is 3.58. The van der Waals surface area contributed by atoms with Crippen molar-refractivity contribution in [2.45, 2.75) is 46.5 Å². The second-order valence-electron chi connectivity index (χ2n) is 6.62. The van der Waals surface area contributed by atoms with Crippen LogP contribution in [0.1, 0.15) is 42.9 Å². The molecule has 1 N–H and O–H groups in total. The van der Waals surface area contributed by atoms with Gasteiger partial charge < -0.3 is 5.32 Å².